The topological polar surface area (TPSA) is 50.2 Å². The second-order valence-corrected chi connectivity index (χ2v) is 5.07. The van der Waals surface area contributed by atoms with Crippen molar-refractivity contribution in [2.75, 3.05) is 0 Å². The summed E-state index contributed by atoms with van der Waals surface area (Å²) in [6.45, 7) is 0. The molecular weight excluding hydrogens is 309 g/mol. The van der Waals surface area contributed by atoms with Crippen LogP contribution in [0.25, 0.3) is 11.3 Å². The molecule has 0 saturated carbocycles. The lowest BCUT2D eigenvalue weighted by Gasteiger charge is -2.07. The van der Waals surface area contributed by atoms with Gasteiger partial charge in [0.25, 0.3) is 0 Å². The van der Waals surface area contributed by atoms with Gasteiger partial charge in [-0.2, -0.15) is 0 Å². The first-order chi connectivity index (χ1) is 8.97. The average Bonchev–Trinajstić information content (AvgIpc) is 2.34. The molecule has 0 bridgehead atoms. The van der Waals surface area contributed by atoms with Gasteiger partial charge in [-0.3, -0.25) is 9.78 Å². The maximum absolute atomic E-state index is 10.7. The number of aromatic nitrogens is 1. The van der Waals surface area contributed by atoms with Gasteiger partial charge < -0.3 is 5.11 Å². The van der Waals surface area contributed by atoms with E-state index < -0.39 is 5.97 Å². The highest BCUT2D eigenvalue weighted by molar-refractivity contribution is 6.35. The fourth-order valence-electron chi connectivity index (χ4n) is 1.60. The van der Waals surface area contributed by atoms with E-state index in [1.54, 1.807) is 30.3 Å². The van der Waals surface area contributed by atoms with Crippen LogP contribution in [0.4, 0.5) is 0 Å². The number of nitrogens with zero attached hydrogens (tertiary/aromatic N) is 1. The average molecular weight is 317 g/mol. The molecule has 1 N–H and O–H groups in total. The van der Waals surface area contributed by atoms with Crippen LogP contribution in [-0.2, 0) is 11.2 Å². The van der Waals surface area contributed by atoms with Crippen molar-refractivity contribution in [2.24, 2.45) is 0 Å². The van der Waals surface area contributed by atoms with Gasteiger partial charge in [-0.25, -0.2) is 0 Å². The first-order valence-electron chi connectivity index (χ1n) is 5.30. The molecule has 0 saturated heterocycles. The summed E-state index contributed by atoms with van der Waals surface area (Å²) in [6.07, 6.45) is -0.245. The predicted molar refractivity (Wildman–Crippen MR) is 76.0 cm³/mol. The maximum Gasteiger partial charge on any atom is 0.309 e. The Balaban J connectivity index is 2.51. The van der Waals surface area contributed by atoms with Crippen molar-refractivity contribution in [2.45, 2.75) is 6.42 Å². The zero-order valence-corrected chi connectivity index (χ0v) is 11.8. The lowest BCUT2D eigenvalue weighted by molar-refractivity contribution is -0.136. The van der Waals surface area contributed by atoms with Crippen LogP contribution in [-0.4, -0.2) is 16.1 Å². The third kappa shape index (κ3) is 3.38. The Hall–Kier alpha value is -1.29. The Morgan fingerprint density at radius 1 is 1.11 bits per heavy atom. The number of benzene rings is 1. The van der Waals surface area contributed by atoms with E-state index in [0.29, 0.717) is 32.0 Å². The van der Waals surface area contributed by atoms with Crippen LogP contribution in [0.5, 0.6) is 0 Å². The second-order valence-electron chi connectivity index (χ2n) is 3.82. The summed E-state index contributed by atoms with van der Waals surface area (Å²) >= 11 is 17.9. The Labute approximate surface area is 124 Å². The normalized spacial score (nSPS) is 10.5. The minimum atomic E-state index is -0.997. The van der Waals surface area contributed by atoms with Crippen molar-refractivity contribution in [3.05, 3.63) is 51.1 Å². The molecule has 0 aliphatic rings. The molecular formula is C13H8Cl3NO2. The van der Waals surface area contributed by atoms with Gasteiger partial charge in [0, 0.05) is 10.6 Å². The van der Waals surface area contributed by atoms with Gasteiger partial charge in [0.2, 0.25) is 0 Å². The molecule has 1 aromatic heterocycles. The molecule has 1 heterocycles. The standard InChI is InChI=1S/C13H8Cl3NO2/c14-7-1-2-9(15)8(5-7)11-4-3-10(16)12(17-11)6-13(18)19/h1-5H,6H2,(H,18,19). The quantitative estimate of drug-likeness (QED) is 0.916. The highest BCUT2D eigenvalue weighted by Gasteiger charge is 2.11. The van der Waals surface area contributed by atoms with Gasteiger partial charge in [0.05, 0.1) is 27.9 Å². The van der Waals surface area contributed by atoms with Crippen LogP contribution in [0.3, 0.4) is 0 Å². The van der Waals surface area contributed by atoms with E-state index in [1.807, 2.05) is 0 Å². The molecule has 1 aromatic carbocycles. The zero-order chi connectivity index (χ0) is 14.0. The number of pyridine rings is 1. The first kappa shape index (κ1) is 14.1. The van der Waals surface area contributed by atoms with E-state index in [0.717, 1.165) is 0 Å². The fourth-order valence-corrected chi connectivity index (χ4v) is 2.15. The Kier molecular flexibility index (Phi) is 4.30. The van der Waals surface area contributed by atoms with Crippen LogP contribution < -0.4 is 0 Å². The number of rotatable bonds is 3. The summed E-state index contributed by atoms with van der Waals surface area (Å²) in [4.78, 5) is 15.0. The fraction of sp³-hybridized carbons (Fsp3) is 0.0769. The molecule has 6 heteroatoms. The van der Waals surface area contributed by atoms with Crippen molar-refractivity contribution < 1.29 is 9.90 Å². The number of hydrogen-bond acceptors (Lipinski definition) is 2. The number of carbonyl (C=O) groups is 1. The summed E-state index contributed by atoms with van der Waals surface area (Å²) in [5.74, 6) is -0.997. The number of aliphatic carboxylic acids is 1. The van der Waals surface area contributed by atoms with Gasteiger partial charge in [-0.15, -0.1) is 0 Å². The van der Waals surface area contributed by atoms with Crippen molar-refractivity contribution in [3.8, 4) is 11.3 Å². The van der Waals surface area contributed by atoms with Crippen molar-refractivity contribution in [1.29, 1.82) is 0 Å². The molecule has 0 spiro atoms. The third-order valence-corrected chi connectivity index (χ3v) is 3.35. The number of halogens is 3. The second kappa shape index (κ2) is 5.78. The van der Waals surface area contributed by atoms with Gasteiger partial charge >= 0.3 is 5.97 Å². The van der Waals surface area contributed by atoms with Crippen LogP contribution in [0.2, 0.25) is 15.1 Å². The Morgan fingerprint density at radius 3 is 2.47 bits per heavy atom. The molecule has 0 radical (unpaired) electrons. The molecule has 0 unspecified atom stereocenters. The number of carboxylic acids is 1. The summed E-state index contributed by atoms with van der Waals surface area (Å²) in [7, 11) is 0. The molecule has 3 nitrogen and oxygen atoms in total. The molecule has 0 aliphatic heterocycles. The lowest BCUT2D eigenvalue weighted by Crippen LogP contribution is -2.03. The van der Waals surface area contributed by atoms with Crippen LogP contribution >= 0.6 is 34.8 Å². The third-order valence-electron chi connectivity index (χ3n) is 2.44. The molecule has 0 atom stereocenters. The van der Waals surface area contributed by atoms with Gasteiger partial charge in [0.1, 0.15) is 0 Å². The van der Waals surface area contributed by atoms with Crippen molar-refractivity contribution >= 4 is 40.8 Å². The minimum absolute atomic E-state index is 0.245. The zero-order valence-electron chi connectivity index (χ0n) is 9.53. The number of carboxylic acid groups (broad SMARTS) is 1. The van der Waals surface area contributed by atoms with E-state index in [-0.39, 0.29) is 6.42 Å². The van der Waals surface area contributed by atoms with Crippen LogP contribution in [0.15, 0.2) is 30.3 Å². The molecule has 0 aliphatic carbocycles. The Bertz CT molecular complexity index is 644. The monoisotopic (exact) mass is 315 g/mol. The molecule has 2 aromatic rings. The predicted octanol–water partition coefficient (Wildman–Crippen LogP) is 4.34. The molecule has 2 rings (SSSR count). The smallest absolute Gasteiger partial charge is 0.309 e. The summed E-state index contributed by atoms with van der Waals surface area (Å²) < 4.78 is 0. The lowest BCUT2D eigenvalue weighted by atomic mass is 10.1. The summed E-state index contributed by atoms with van der Waals surface area (Å²) in [5.41, 5.74) is 1.47. The van der Waals surface area contributed by atoms with Crippen molar-refractivity contribution in [1.82, 2.24) is 4.98 Å². The highest BCUT2D eigenvalue weighted by Crippen LogP contribution is 2.30. The number of hydrogen-bond donors (Lipinski definition) is 1. The summed E-state index contributed by atoms with van der Waals surface area (Å²) in [6, 6.07) is 8.27. The van der Waals surface area contributed by atoms with E-state index in [2.05, 4.69) is 4.98 Å². The minimum Gasteiger partial charge on any atom is -0.481 e. The van der Waals surface area contributed by atoms with Crippen LogP contribution in [0, 0.1) is 0 Å². The Morgan fingerprint density at radius 2 is 1.79 bits per heavy atom. The van der Waals surface area contributed by atoms with Gasteiger partial charge in [-0.05, 0) is 30.3 Å². The molecule has 98 valence electrons. The van der Waals surface area contributed by atoms with Crippen molar-refractivity contribution in [3.63, 3.8) is 0 Å². The first-order valence-corrected chi connectivity index (χ1v) is 6.43. The molecule has 0 fully saturated rings. The van der Waals surface area contributed by atoms with E-state index in [4.69, 9.17) is 39.9 Å². The largest absolute Gasteiger partial charge is 0.481 e. The molecule has 19 heavy (non-hydrogen) atoms. The van der Waals surface area contributed by atoms with E-state index >= 15 is 0 Å². The van der Waals surface area contributed by atoms with Gasteiger partial charge in [-0.1, -0.05) is 34.8 Å². The van der Waals surface area contributed by atoms with E-state index in [1.165, 1.54) is 0 Å². The van der Waals surface area contributed by atoms with E-state index in [9.17, 15) is 4.79 Å². The van der Waals surface area contributed by atoms with Gasteiger partial charge in [0.15, 0.2) is 0 Å². The molecule has 0 amide bonds. The summed E-state index contributed by atoms with van der Waals surface area (Å²) in [5, 5.41) is 10.1. The highest BCUT2D eigenvalue weighted by atomic mass is 35.5. The maximum atomic E-state index is 10.7. The van der Waals surface area contributed by atoms with Crippen LogP contribution in [0.1, 0.15) is 5.69 Å². The SMILES string of the molecule is O=C(O)Cc1nc(-c2cc(Cl)ccc2Cl)ccc1Cl.